The molecule has 4 aromatic rings. The van der Waals surface area contributed by atoms with Crippen LogP contribution in [0.15, 0.2) is 47.3 Å². The molecule has 4 rings (SSSR count). The lowest BCUT2D eigenvalue weighted by atomic mass is 9.95. The van der Waals surface area contributed by atoms with Crippen LogP contribution in [0, 0.1) is 23.0 Å². The number of carbonyl (C=O) groups is 2. The van der Waals surface area contributed by atoms with Gasteiger partial charge in [0.15, 0.2) is 5.78 Å². The van der Waals surface area contributed by atoms with Crippen molar-refractivity contribution in [1.82, 2.24) is 9.13 Å². The van der Waals surface area contributed by atoms with E-state index in [1.54, 1.807) is 6.07 Å². The van der Waals surface area contributed by atoms with Crippen molar-refractivity contribution < 1.29 is 40.3 Å². The van der Waals surface area contributed by atoms with Crippen molar-refractivity contribution in [3.63, 3.8) is 0 Å². The number of halogens is 8. The van der Waals surface area contributed by atoms with Gasteiger partial charge in [0.2, 0.25) is 0 Å². The van der Waals surface area contributed by atoms with Crippen LogP contribution < -0.4 is 11.0 Å². The Morgan fingerprint density at radius 3 is 2.33 bits per heavy atom. The fourth-order valence-electron chi connectivity index (χ4n) is 4.42. The van der Waals surface area contributed by atoms with E-state index < -0.39 is 81.7 Å². The van der Waals surface area contributed by atoms with E-state index in [4.69, 9.17) is 11.6 Å². The Morgan fingerprint density at radius 2 is 1.74 bits per heavy atom. The third kappa shape index (κ3) is 5.60. The van der Waals surface area contributed by atoms with Gasteiger partial charge in [-0.2, -0.15) is 18.4 Å². The first-order valence-corrected chi connectivity index (χ1v) is 12.2. The number of nitrogens with zero attached hydrogens (tertiary/aromatic N) is 3. The highest BCUT2D eigenvalue weighted by Gasteiger charge is 2.33. The van der Waals surface area contributed by atoms with E-state index in [0.29, 0.717) is 16.7 Å². The van der Waals surface area contributed by atoms with Gasteiger partial charge < -0.3 is 5.32 Å². The molecule has 0 fully saturated rings. The predicted octanol–water partition coefficient (Wildman–Crippen LogP) is 6.39. The van der Waals surface area contributed by atoms with Crippen LogP contribution in [0.4, 0.5) is 36.4 Å². The molecule has 0 aliphatic carbocycles. The van der Waals surface area contributed by atoms with Crippen molar-refractivity contribution in [1.29, 1.82) is 5.26 Å². The minimum absolute atomic E-state index is 0.147. The molecule has 1 heterocycles. The number of benzene rings is 3. The number of carbonyl (C=O) groups excluding carboxylic acids is 2. The maximum absolute atomic E-state index is 14.1. The summed E-state index contributed by atoms with van der Waals surface area (Å²) in [6.07, 6.45) is -8.09. The fraction of sp³-hybridized carbons (Fsp3) is 0.185. The van der Waals surface area contributed by atoms with E-state index in [-0.39, 0.29) is 28.7 Å². The van der Waals surface area contributed by atoms with Crippen LogP contribution in [0.25, 0.3) is 11.0 Å². The second-order valence-electron chi connectivity index (χ2n) is 8.82. The molecule has 0 spiro atoms. The van der Waals surface area contributed by atoms with Crippen LogP contribution in [0.2, 0.25) is 5.02 Å². The number of nitrogens with one attached hydrogen (secondary N) is 1. The number of anilines is 1. The monoisotopic (exact) mass is 612 g/mol. The molecule has 7 nitrogen and oxygen atoms in total. The van der Waals surface area contributed by atoms with Gasteiger partial charge in [0.25, 0.3) is 12.3 Å². The molecule has 0 aliphatic rings. The lowest BCUT2D eigenvalue weighted by molar-refractivity contribution is -0.137. The highest BCUT2D eigenvalue weighted by molar-refractivity contribution is 6.35. The van der Waals surface area contributed by atoms with Crippen LogP contribution in [0.1, 0.15) is 44.3 Å². The van der Waals surface area contributed by atoms with Crippen LogP contribution in [0.5, 0.6) is 0 Å². The molecule has 3 aromatic carbocycles. The molecule has 0 radical (unpaired) electrons. The van der Waals surface area contributed by atoms with Gasteiger partial charge >= 0.3 is 11.9 Å². The Kier molecular flexibility index (Phi) is 8.18. The molecule has 0 atom stereocenters. The van der Waals surface area contributed by atoms with Crippen molar-refractivity contribution in [3.05, 3.63) is 97.4 Å². The van der Waals surface area contributed by atoms with E-state index in [0.717, 1.165) is 28.8 Å². The summed E-state index contributed by atoms with van der Waals surface area (Å²) in [6.45, 7) is 0.157. The number of nitriles is 1. The molecular formula is C27H16ClF7N4O3. The number of amides is 1. The number of aryl methyl sites for hydroxylation is 1. The zero-order chi connectivity index (χ0) is 31.1. The van der Waals surface area contributed by atoms with Crippen molar-refractivity contribution in [2.45, 2.75) is 32.6 Å². The first kappa shape index (κ1) is 30.3. The molecule has 42 heavy (non-hydrogen) atoms. The van der Waals surface area contributed by atoms with Crippen molar-refractivity contribution in [2.75, 3.05) is 5.32 Å². The first-order chi connectivity index (χ1) is 19.7. The van der Waals surface area contributed by atoms with Gasteiger partial charge in [-0.1, -0.05) is 11.6 Å². The molecular weight excluding hydrogens is 597 g/mol. The average molecular weight is 613 g/mol. The lowest BCUT2D eigenvalue weighted by Crippen LogP contribution is -2.26. The molecule has 0 aliphatic heterocycles. The second kappa shape index (κ2) is 11.3. The summed E-state index contributed by atoms with van der Waals surface area (Å²) in [6, 6.07) is 6.22. The summed E-state index contributed by atoms with van der Waals surface area (Å²) < 4.78 is 96.1. The summed E-state index contributed by atoms with van der Waals surface area (Å²) in [7, 11) is 0. The van der Waals surface area contributed by atoms with Crippen molar-refractivity contribution >= 4 is 40.0 Å². The van der Waals surface area contributed by atoms with E-state index in [2.05, 4.69) is 5.32 Å². The zero-order valence-electron chi connectivity index (χ0n) is 21.1. The molecule has 1 amide bonds. The minimum Gasteiger partial charge on any atom is -0.321 e. The Labute approximate surface area is 236 Å². The van der Waals surface area contributed by atoms with Crippen LogP contribution in [-0.2, 0) is 19.3 Å². The number of fused-ring (bicyclic) bond motifs is 1. The van der Waals surface area contributed by atoms with Crippen LogP contribution in [0.3, 0.4) is 0 Å². The number of hydrogen-bond donors (Lipinski definition) is 1. The van der Waals surface area contributed by atoms with Gasteiger partial charge in [0, 0.05) is 17.7 Å². The maximum atomic E-state index is 14.1. The first-order valence-electron chi connectivity index (χ1n) is 11.8. The SMILES string of the molecule is CCn1c(=O)n(CC(F)F)c2cc(NC(=O)c3cc(F)cc(C(F)(F)F)c3)c(C(=O)c3cc(F)ccc3Cl)c(C#N)c21. The fourth-order valence-corrected chi connectivity index (χ4v) is 4.62. The van der Waals surface area contributed by atoms with Gasteiger partial charge in [0.1, 0.15) is 17.7 Å². The number of rotatable bonds is 7. The number of aromatic nitrogens is 2. The smallest absolute Gasteiger partial charge is 0.321 e. The van der Waals surface area contributed by atoms with Crippen LogP contribution in [-0.4, -0.2) is 27.3 Å². The second-order valence-corrected chi connectivity index (χ2v) is 9.22. The topological polar surface area (TPSA) is 96.9 Å². The molecule has 218 valence electrons. The molecule has 1 aromatic heterocycles. The normalized spacial score (nSPS) is 11.6. The molecule has 15 heteroatoms. The lowest BCUT2D eigenvalue weighted by Gasteiger charge is -2.16. The molecule has 0 unspecified atom stereocenters. The quantitative estimate of drug-likeness (QED) is 0.193. The number of ketones is 1. The van der Waals surface area contributed by atoms with Gasteiger partial charge in [-0.3, -0.25) is 18.7 Å². The van der Waals surface area contributed by atoms with Crippen molar-refractivity contribution in [3.8, 4) is 6.07 Å². The van der Waals surface area contributed by atoms with Gasteiger partial charge in [0.05, 0.1) is 45.0 Å². The summed E-state index contributed by atoms with van der Waals surface area (Å²) in [5.41, 5.74) is -6.33. The summed E-state index contributed by atoms with van der Waals surface area (Å²) in [5.74, 6) is -4.88. The highest BCUT2D eigenvalue weighted by Crippen LogP contribution is 2.34. The van der Waals surface area contributed by atoms with E-state index >= 15 is 0 Å². The molecule has 0 saturated heterocycles. The highest BCUT2D eigenvalue weighted by atomic mass is 35.5. The third-order valence-corrected chi connectivity index (χ3v) is 6.52. The number of imidazole rings is 1. The maximum Gasteiger partial charge on any atom is 0.416 e. The van der Waals surface area contributed by atoms with Crippen molar-refractivity contribution in [2.24, 2.45) is 0 Å². The van der Waals surface area contributed by atoms with E-state index in [1.165, 1.54) is 6.92 Å². The van der Waals surface area contributed by atoms with E-state index in [9.17, 15) is 50.4 Å². The third-order valence-electron chi connectivity index (χ3n) is 6.19. The van der Waals surface area contributed by atoms with Gasteiger partial charge in [-0.25, -0.2) is 22.4 Å². The largest absolute Gasteiger partial charge is 0.416 e. The zero-order valence-corrected chi connectivity index (χ0v) is 21.9. The number of hydrogen-bond acceptors (Lipinski definition) is 4. The van der Waals surface area contributed by atoms with E-state index in [1.807, 2.05) is 0 Å². The number of alkyl halides is 5. The predicted molar refractivity (Wildman–Crippen MR) is 137 cm³/mol. The molecule has 1 N–H and O–H groups in total. The van der Waals surface area contributed by atoms with Gasteiger partial charge in [-0.05, 0) is 49.4 Å². The average Bonchev–Trinajstić information content (AvgIpc) is 3.17. The standard InChI is InChI=1S/C27H16ClF7N4O3/c1-2-38-23-17(10-36)22(24(40)16-8-14(29)3-4-18(16)28)19(9-20(23)39(26(38)42)11-21(31)32)37-25(41)12-5-13(27(33,34)35)7-15(30)6-12/h3-9,21H,2,11H2,1H3,(H,37,41). The van der Waals surface area contributed by atoms with Crippen LogP contribution >= 0.6 is 11.6 Å². The Hall–Kier alpha value is -4.64. The summed E-state index contributed by atoms with van der Waals surface area (Å²) >= 11 is 6.08. The Balaban J connectivity index is 2.05. The minimum atomic E-state index is -5.03. The Morgan fingerprint density at radius 1 is 1.05 bits per heavy atom. The summed E-state index contributed by atoms with van der Waals surface area (Å²) in [5, 5.41) is 11.9. The summed E-state index contributed by atoms with van der Waals surface area (Å²) in [4.78, 5) is 39.8. The molecule has 0 saturated carbocycles. The Bertz CT molecular complexity index is 1860. The molecule has 0 bridgehead atoms. The van der Waals surface area contributed by atoms with Gasteiger partial charge in [-0.15, -0.1) is 0 Å².